The van der Waals surface area contributed by atoms with Crippen LogP contribution in [0.2, 0.25) is 0 Å². The fraction of sp³-hybridized carbons (Fsp3) is 0. The summed E-state index contributed by atoms with van der Waals surface area (Å²) in [5, 5.41) is 13.0. The molecule has 6 N–H and O–H groups in total. The van der Waals surface area contributed by atoms with Gasteiger partial charge in [0.25, 0.3) is 0 Å². The Morgan fingerprint density at radius 2 is 0.800 bits per heavy atom. The Hall–Kier alpha value is -0.230. The molecule has 0 heterocycles. The number of halogens is 1. The first kappa shape index (κ1) is 21.6. The van der Waals surface area contributed by atoms with Crippen LogP contribution >= 0.6 is 0 Å². The minimum Gasteiger partial charge on any atom is -0.320 e. The van der Waals surface area contributed by atoms with E-state index in [1.54, 1.807) is 0 Å². The Kier molecular flexibility index (Phi) is 2370. The molecule has 5 heavy (non-hydrogen) atoms. The quantitative estimate of drug-likeness (QED) is 0.279. The van der Waals surface area contributed by atoms with Gasteiger partial charge in [0.2, 0.25) is 0 Å². The highest BCUT2D eigenvalue weighted by molar-refractivity contribution is 2.78. The minimum atomic E-state index is 0. The summed E-state index contributed by atoms with van der Waals surface area (Å²) in [4.78, 5) is 0. The molecular weight excluding hydrogens is 79.0 g/mol. The highest BCUT2D eigenvalue weighted by atomic mass is 19.0. The molecule has 0 unspecified atom stereocenters. The van der Waals surface area contributed by atoms with Crippen LogP contribution in [0.1, 0.15) is 0 Å². The van der Waals surface area contributed by atoms with Crippen LogP contribution in [0.4, 0.5) is 4.70 Å². The topological polar surface area (TPSA) is 92.5 Å². The second-order valence-corrected chi connectivity index (χ2v) is 0. The van der Waals surface area contributed by atoms with Crippen LogP contribution in [0.15, 0.2) is 0 Å². The third-order valence-corrected chi connectivity index (χ3v) is 0. The van der Waals surface area contributed by atoms with Crippen molar-refractivity contribution in [1.82, 2.24) is 0 Å². The lowest BCUT2D eigenvalue weighted by Crippen LogP contribution is -1.72. The second-order valence-electron chi connectivity index (χ2n) is 0. The van der Waals surface area contributed by atoms with Crippen molar-refractivity contribution in [2.24, 2.45) is 11.8 Å². The van der Waals surface area contributed by atoms with Crippen LogP contribution < -0.4 is 11.8 Å². The number of hydrogen-bond donors (Lipinski definition) is 4. The summed E-state index contributed by atoms with van der Waals surface area (Å²) in [6.45, 7) is 0. The maximum Gasteiger partial charge on any atom is -0.219 e. The Morgan fingerprint density at radius 3 is 0.800 bits per heavy atom. The van der Waals surface area contributed by atoms with Gasteiger partial charge in [-0.3, -0.25) is 4.70 Å². The molecule has 0 aliphatic heterocycles. The third-order valence-electron chi connectivity index (χ3n) is 0. The number of hydrogen-bond acceptors (Lipinski definition) is 4. The molecule has 0 atom stereocenters. The van der Waals surface area contributed by atoms with Crippen molar-refractivity contribution >= 4 is 0 Å². The fourth-order valence-electron chi connectivity index (χ4n) is 0. The van der Waals surface area contributed by atoms with Gasteiger partial charge in [-0.1, -0.05) is 0 Å². The van der Waals surface area contributed by atoms with Gasteiger partial charge in [-0.05, 0) is 0 Å². The van der Waals surface area contributed by atoms with Crippen LogP contribution in [0, 0.1) is 0 Å². The molecular formula is H7FN2O2. The number of rotatable bonds is 0. The first-order valence-electron chi connectivity index (χ1n) is 0.516. The lowest BCUT2D eigenvalue weighted by Gasteiger charge is -1.27. The first-order valence-corrected chi connectivity index (χ1v) is 0.516. The monoisotopic (exact) mass is 86.0 g/mol. The van der Waals surface area contributed by atoms with Crippen LogP contribution in [0.3, 0.4) is 0 Å². The standard InChI is InChI=1S/FH.2H3NO/c;2*1-2/h1H;2*2H,1H2. The van der Waals surface area contributed by atoms with Gasteiger partial charge in [0.1, 0.15) is 0 Å². The van der Waals surface area contributed by atoms with Crippen LogP contribution in [0.25, 0.3) is 0 Å². The Bertz CT molecular complexity index is 7.61. The molecule has 0 saturated heterocycles. The molecule has 0 saturated carbocycles. The van der Waals surface area contributed by atoms with Crippen LogP contribution in [-0.2, 0) is 0 Å². The molecule has 0 aromatic rings. The van der Waals surface area contributed by atoms with Crippen molar-refractivity contribution in [1.29, 1.82) is 0 Å². The molecule has 4 nitrogen and oxygen atoms in total. The molecule has 0 rings (SSSR count). The van der Waals surface area contributed by atoms with E-state index >= 15 is 0 Å². The molecule has 36 valence electrons. The predicted octanol–water partition coefficient (Wildman–Crippen LogP) is -1.18. The fourth-order valence-corrected chi connectivity index (χ4v) is 0. The highest BCUT2D eigenvalue weighted by Gasteiger charge is 0.734. The molecule has 0 aliphatic carbocycles. The van der Waals surface area contributed by atoms with E-state index in [9.17, 15) is 0 Å². The zero-order valence-electron chi connectivity index (χ0n) is 2.46. The van der Waals surface area contributed by atoms with Crippen molar-refractivity contribution in [3.8, 4) is 0 Å². The van der Waals surface area contributed by atoms with Gasteiger partial charge in [0.15, 0.2) is 0 Å². The maximum atomic E-state index is 6.50. The van der Waals surface area contributed by atoms with Crippen molar-refractivity contribution in [2.45, 2.75) is 0 Å². The van der Waals surface area contributed by atoms with Gasteiger partial charge in [0, 0.05) is 0 Å². The van der Waals surface area contributed by atoms with E-state index in [4.69, 9.17) is 10.4 Å². The molecule has 0 amide bonds. The Morgan fingerprint density at radius 1 is 0.800 bits per heavy atom. The summed E-state index contributed by atoms with van der Waals surface area (Å²) >= 11 is 0. The average molecular weight is 86.1 g/mol. The van der Waals surface area contributed by atoms with Gasteiger partial charge in [0.05, 0.1) is 0 Å². The van der Waals surface area contributed by atoms with E-state index in [2.05, 4.69) is 11.8 Å². The minimum absolute atomic E-state index is 0. The normalized spacial score (nSPS) is 2.40. The highest BCUT2D eigenvalue weighted by Crippen LogP contribution is 0.421. The van der Waals surface area contributed by atoms with Crippen LogP contribution in [-0.4, -0.2) is 10.4 Å². The molecule has 0 spiro atoms. The molecule has 0 fully saturated rings. The maximum absolute atomic E-state index is 6.50. The van der Waals surface area contributed by atoms with Gasteiger partial charge in [-0.2, -0.15) is 0 Å². The van der Waals surface area contributed by atoms with Gasteiger partial charge < -0.3 is 10.4 Å². The van der Waals surface area contributed by atoms with Crippen molar-refractivity contribution in [2.75, 3.05) is 0 Å². The van der Waals surface area contributed by atoms with Gasteiger partial charge >= 0.3 is 0 Å². The third kappa shape index (κ3) is 223. The van der Waals surface area contributed by atoms with E-state index in [1.165, 1.54) is 0 Å². The molecule has 0 aromatic heterocycles. The van der Waals surface area contributed by atoms with E-state index in [1.807, 2.05) is 0 Å². The van der Waals surface area contributed by atoms with E-state index in [0.717, 1.165) is 0 Å². The summed E-state index contributed by atoms with van der Waals surface area (Å²) in [5.74, 6) is 7.00. The van der Waals surface area contributed by atoms with Crippen molar-refractivity contribution < 1.29 is 15.1 Å². The summed E-state index contributed by atoms with van der Waals surface area (Å²) in [6, 6.07) is 0. The second kappa shape index (κ2) is 547. The Labute approximate surface area is 28.3 Å². The molecule has 0 aromatic carbocycles. The molecule has 0 bridgehead atoms. The molecule has 0 aliphatic rings. The molecule has 0 radical (unpaired) electrons. The van der Waals surface area contributed by atoms with Gasteiger partial charge in [-0.15, -0.1) is 0 Å². The van der Waals surface area contributed by atoms with Crippen LogP contribution in [0.5, 0.6) is 0 Å². The summed E-state index contributed by atoms with van der Waals surface area (Å²) in [6.07, 6.45) is 0. The summed E-state index contributed by atoms with van der Waals surface area (Å²) in [7, 11) is 0. The lowest BCUT2D eigenvalue weighted by molar-refractivity contribution is 0.311. The van der Waals surface area contributed by atoms with E-state index in [0.29, 0.717) is 0 Å². The van der Waals surface area contributed by atoms with Gasteiger partial charge in [-0.25, -0.2) is 11.8 Å². The largest absolute Gasteiger partial charge is 0.320 e. The zero-order chi connectivity index (χ0) is 4.00. The van der Waals surface area contributed by atoms with Crippen molar-refractivity contribution in [3.05, 3.63) is 0 Å². The summed E-state index contributed by atoms with van der Waals surface area (Å²) < 4.78 is 0. The van der Waals surface area contributed by atoms with Crippen molar-refractivity contribution in [3.63, 3.8) is 0 Å². The zero-order valence-corrected chi connectivity index (χ0v) is 2.46. The van der Waals surface area contributed by atoms with E-state index < -0.39 is 0 Å². The Balaban J connectivity index is -0.0000000133. The first-order chi connectivity index (χ1) is 2.00. The predicted molar refractivity (Wildman–Crippen MR) is 14.5 cm³/mol. The smallest absolute Gasteiger partial charge is 0.219 e. The number of nitrogens with two attached hydrogens (primary N) is 2. The average Bonchev–Trinajstić information content (AvgIpc) is 1.50. The molecule has 5 heteroatoms. The van der Waals surface area contributed by atoms with E-state index in [-0.39, 0.29) is 4.70 Å². The SMILES string of the molecule is F.NO.NO. The lowest BCUT2D eigenvalue weighted by atomic mass is 13.6. The summed E-state index contributed by atoms with van der Waals surface area (Å²) in [5.41, 5.74) is 0.